The summed E-state index contributed by atoms with van der Waals surface area (Å²) >= 11 is 1.33. The monoisotopic (exact) mass is 368 g/mol. The van der Waals surface area contributed by atoms with Gasteiger partial charge in [0.05, 0.1) is 17.1 Å². The molecule has 0 N–H and O–H groups in total. The third kappa shape index (κ3) is 3.62. The van der Waals surface area contributed by atoms with Gasteiger partial charge in [0.25, 0.3) is 0 Å². The van der Waals surface area contributed by atoms with Crippen LogP contribution in [-0.4, -0.2) is 39.2 Å². The smallest absolute Gasteiger partial charge is 0.227 e. The van der Waals surface area contributed by atoms with Gasteiger partial charge in [0.2, 0.25) is 11.1 Å². The summed E-state index contributed by atoms with van der Waals surface area (Å²) in [5, 5.41) is 8.96. The number of aromatic nitrogens is 3. The van der Waals surface area contributed by atoms with E-state index >= 15 is 0 Å². The van der Waals surface area contributed by atoms with Gasteiger partial charge in [0.1, 0.15) is 0 Å². The molecule has 1 fully saturated rings. The van der Waals surface area contributed by atoms with Crippen LogP contribution in [0.4, 0.5) is 5.69 Å². The molecular formula is C19H20N4O2S. The number of ketones is 1. The summed E-state index contributed by atoms with van der Waals surface area (Å²) in [5.74, 6) is 0.454. The second kappa shape index (κ2) is 7.53. The molecule has 0 radical (unpaired) electrons. The lowest BCUT2D eigenvalue weighted by Gasteiger charge is -2.15. The molecular weight excluding hydrogens is 348 g/mol. The van der Waals surface area contributed by atoms with E-state index in [9.17, 15) is 9.59 Å². The summed E-state index contributed by atoms with van der Waals surface area (Å²) in [7, 11) is 0. The summed E-state index contributed by atoms with van der Waals surface area (Å²) < 4.78 is 0. The molecule has 2 aliphatic rings. The van der Waals surface area contributed by atoms with Crippen LogP contribution in [-0.2, 0) is 17.6 Å². The van der Waals surface area contributed by atoms with Crippen LogP contribution in [0.3, 0.4) is 0 Å². The number of aryl methyl sites for hydroxylation is 2. The number of anilines is 1. The first-order chi connectivity index (χ1) is 12.7. The van der Waals surface area contributed by atoms with Crippen molar-refractivity contribution in [2.75, 3.05) is 17.2 Å². The van der Waals surface area contributed by atoms with Gasteiger partial charge < -0.3 is 4.90 Å². The molecule has 0 atom stereocenters. The number of fused-ring (bicyclic) bond motifs is 1. The third-order valence-electron chi connectivity index (χ3n) is 4.80. The van der Waals surface area contributed by atoms with Crippen molar-refractivity contribution < 1.29 is 9.59 Å². The van der Waals surface area contributed by atoms with Gasteiger partial charge in [0.15, 0.2) is 5.78 Å². The van der Waals surface area contributed by atoms with Crippen molar-refractivity contribution in [2.24, 2.45) is 0 Å². The van der Waals surface area contributed by atoms with Crippen molar-refractivity contribution in [1.82, 2.24) is 15.2 Å². The van der Waals surface area contributed by atoms with E-state index in [1.807, 2.05) is 12.1 Å². The first kappa shape index (κ1) is 17.1. The predicted molar refractivity (Wildman–Crippen MR) is 99.6 cm³/mol. The molecule has 4 rings (SSSR count). The van der Waals surface area contributed by atoms with Crippen LogP contribution in [0.5, 0.6) is 0 Å². The van der Waals surface area contributed by atoms with E-state index in [1.54, 1.807) is 17.0 Å². The first-order valence-corrected chi connectivity index (χ1v) is 9.98. The molecule has 6 nitrogen and oxygen atoms in total. The maximum Gasteiger partial charge on any atom is 0.227 e. The second-order valence-corrected chi connectivity index (χ2v) is 7.55. The minimum absolute atomic E-state index is 0.0237. The van der Waals surface area contributed by atoms with Crippen LogP contribution in [0.25, 0.3) is 0 Å². The maximum absolute atomic E-state index is 12.4. The topological polar surface area (TPSA) is 76.1 Å². The van der Waals surface area contributed by atoms with E-state index in [0.717, 1.165) is 55.7 Å². The van der Waals surface area contributed by atoms with Crippen LogP contribution >= 0.6 is 11.8 Å². The molecule has 1 aromatic carbocycles. The standard InChI is InChI=1S/C19H20N4O2S/c24-17(12-26-19-20-15-4-1-2-5-16(15)21-22-19)13-7-9-14(10-8-13)23-11-3-6-18(23)25/h7-10H,1-6,11-12H2. The highest BCUT2D eigenvalue weighted by molar-refractivity contribution is 7.99. The molecule has 1 amide bonds. The average molecular weight is 368 g/mol. The molecule has 26 heavy (non-hydrogen) atoms. The Kier molecular flexibility index (Phi) is 4.97. The fourth-order valence-corrected chi connectivity index (χ4v) is 4.07. The molecule has 2 aromatic rings. The molecule has 0 saturated carbocycles. The van der Waals surface area contributed by atoms with Crippen LogP contribution in [0.2, 0.25) is 0 Å². The Morgan fingerprint density at radius 1 is 1.00 bits per heavy atom. The van der Waals surface area contributed by atoms with E-state index in [2.05, 4.69) is 15.2 Å². The van der Waals surface area contributed by atoms with Gasteiger partial charge in [0, 0.05) is 24.2 Å². The van der Waals surface area contributed by atoms with E-state index in [0.29, 0.717) is 17.1 Å². The molecule has 0 bridgehead atoms. The van der Waals surface area contributed by atoms with E-state index in [4.69, 9.17) is 0 Å². The number of carbonyl (C=O) groups is 2. The Balaban J connectivity index is 1.38. The number of thioether (sulfide) groups is 1. The van der Waals surface area contributed by atoms with Crippen molar-refractivity contribution in [3.63, 3.8) is 0 Å². The molecule has 2 heterocycles. The number of nitrogens with zero attached hydrogens (tertiary/aromatic N) is 4. The minimum atomic E-state index is 0.0237. The number of hydrogen-bond acceptors (Lipinski definition) is 6. The predicted octanol–water partition coefficient (Wildman–Crippen LogP) is 2.85. The number of rotatable bonds is 5. The molecule has 1 saturated heterocycles. The molecule has 0 unspecified atom stereocenters. The summed E-state index contributed by atoms with van der Waals surface area (Å²) in [5.41, 5.74) is 3.53. The summed E-state index contributed by atoms with van der Waals surface area (Å²) in [4.78, 5) is 30.5. The quantitative estimate of drug-likeness (QED) is 0.597. The Bertz CT molecular complexity index is 838. The zero-order valence-corrected chi connectivity index (χ0v) is 15.3. The largest absolute Gasteiger partial charge is 0.312 e. The summed E-state index contributed by atoms with van der Waals surface area (Å²) in [6, 6.07) is 7.27. The van der Waals surface area contributed by atoms with E-state index in [-0.39, 0.29) is 17.4 Å². The van der Waals surface area contributed by atoms with Gasteiger partial charge >= 0.3 is 0 Å². The van der Waals surface area contributed by atoms with Crippen LogP contribution in [0.15, 0.2) is 29.4 Å². The SMILES string of the molecule is O=C(CSc1nnc2c(n1)CCCC2)c1ccc(N2CCCC2=O)cc1. The van der Waals surface area contributed by atoms with E-state index in [1.165, 1.54) is 11.8 Å². The normalized spacial score (nSPS) is 16.6. The Hall–Kier alpha value is -2.28. The van der Waals surface area contributed by atoms with Gasteiger partial charge in [-0.25, -0.2) is 4.98 Å². The van der Waals surface area contributed by atoms with Crippen LogP contribution in [0, 0.1) is 0 Å². The van der Waals surface area contributed by atoms with Crippen molar-refractivity contribution in [2.45, 2.75) is 43.7 Å². The number of hydrogen-bond donors (Lipinski definition) is 0. The highest BCUT2D eigenvalue weighted by Gasteiger charge is 2.21. The minimum Gasteiger partial charge on any atom is -0.312 e. The van der Waals surface area contributed by atoms with Crippen molar-refractivity contribution in [3.05, 3.63) is 41.2 Å². The maximum atomic E-state index is 12.4. The van der Waals surface area contributed by atoms with Crippen LogP contribution < -0.4 is 4.90 Å². The van der Waals surface area contributed by atoms with E-state index < -0.39 is 0 Å². The Morgan fingerprint density at radius 2 is 1.77 bits per heavy atom. The second-order valence-electron chi connectivity index (χ2n) is 6.60. The summed E-state index contributed by atoms with van der Waals surface area (Å²) in [6.45, 7) is 0.755. The number of benzene rings is 1. The van der Waals surface area contributed by atoms with Gasteiger partial charge in [-0.1, -0.05) is 11.8 Å². The lowest BCUT2D eigenvalue weighted by Crippen LogP contribution is -2.23. The molecule has 0 spiro atoms. The lowest BCUT2D eigenvalue weighted by molar-refractivity contribution is -0.117. The Morgan fingerprint density at radius 3 is 2.50 bits per heavy atom. The Labute approximate surface area is 156 Å². The summed E-state index contributed by atoms with van der Waals surface area (Å²) in [6.07, 6.45) is 5.68. The van der Waals surface area contributed by atoms with Crippen LogP contribution in [0.1, 0.15) is 47.4 Å². The third-order valence-corrected chi connectivity index (χ3v) is 5.64. The van der Waals surface area contributed by atoms with Crippen molar-refractivity contribution in [1.29, 1.82) is 0 Å². The zero-order valence-electron chi connectivity index (χ0n) is 14.5. The fourth-order valence-electron chi connectivity index (χ4n) is 3.37. The van der Waals surface area contributed by atoms with Crippen molar-refractivity contribution >= 4 is 29.1 Å². The number of carbonyl (C=O) groups excluding carboxylic acids is 2. The molecule has 134 valence electrons. The van der Waals surface area contributed by atoms with Gasteiger partial charge in [-0.3, -0.25) is 9.59 Å². The molecule has 1 aromatic heterocycles. The first-order valence-electron chi connectivity index (χ1n) is 8.99. The van der Waals surface area contributed by atoms with Gasteiger partial charge in [-0.2, -0.15) is 5.10 Å². The molecule has 1 aliphatic heterocycles. The highest BCUT2D eigenvalue weighted by Crippen LogP contribution is 2.23. The molecule has 7 heteroatoms. The average Bonchev–Trinajstić information content (AvgIpc) is 3.12. The van der Waals surface area contributed by atoms with Gasteiger partial charge in [-0.15, -0.1) is 5.10 Å². The fraction of sp³-hybridized carbons (Fsp3) is 0.421. The van der Waals surface area contributed by atoms with Gasteiger partial charge in [-0.05, 0) is 56.4 Å². The number of amides is 1. The highest BCUT2D eigenvalue weighted by atomic mass is 32.2. The van der Waals surface area contributed by atoms with Crippen molar-refractivity contribution in [3.8, 4) is 0 Å². The lowest BCUT2D eigenvalue weighted by atomic mass is 10.0. The zero-order chi connectivity index (χ0) is 17.9. The number of Topliss-reactive ketones (excluding diaryl/α,β-unsaturated/α-hetero) is 1. The molecule has 1 aliphatic carbocycles.